The molecule has 1 aliphatic heterocycles. The third-order valence-corrected chi connectivity index (χ3v) is 6.80. The van der Waals surface area contributed by atoms with Crippen molar-refractivity contribution in [3.63, 3.8) is 0 Å². The Morgan fingerprint density at radius 1 is 0.946 bits per heavy atom. The molecule has 0 atom stereocenters. The number of amides is 1. The third kappa shape index (κ3) is 6.84. The van der Waals surface area contributed by atoms with Crippen molar-refractivity contribution >= 4 is 11.6 Å². The molecule has 7 heteroatoms. The molecule has 0 bridgehead atoms. The van der Waals surface area contributed by atoms with Crippen molar-refractivity contribution in [1.82, 2.24) is 19.6 Å². The summed E-state index contributed by atoms with van der Waals surface area (Å²) >= 11 is 0. The van der Waals surface area contributed by atoms with Gasteiger partial charge in [-0.05, 0) is 93.1 Å². The van der Waals surface area contributed by atoms with Crippen molar-refractivity contribution in [3.05, 3.63) is 103 Å². The molecule has 37 heavy (non-hydrogen) atoms. The lowest BCUT2D eigenvalue weighted by molar-refractivity contribution is -0.117. The Bertz CT molecular complexity index is 1250. The molecule has 5 rings (SSSR count). The normalized spacial score (nSPS) is 14.5. The number of piperidine rings is 1. The fourth-order valence-electron chi connectivity index (χ4n) is 4.74. The van der Waals surface area contributed by atoms with Gasteiger partial charge in [-0.2, -0.15) is 5.10 Å². The van der Waals surface area contributed by atoms with E-state index in [-0.39, 0.29) is 5.91 Å². The van der Waals surface area contributed by atoms with E-state index in [4.69, 9.17) is 4.74 Å². The molecule has 0 spiro atoms. The number of ether oxygens (including phenoxy) is 1. The molecule has 1 fully saturated rings. The first-order chi connectivity index (χ1) is 18.1. The van der Waals surface area contributed by atoms with Crippen LogP contribution in [0.3, 0.4) is 0 Å². The molecule has 0 saturated carbocycles. The van der Waals surface area contributed by atoms with Gasteiger partial charge in [-0.3, -0.25) is 14.6 Å². The van der Waals surface area contributed by atoms with Crippen molar-refractivity contribution < 1.29 is 9.53 Å². The Morgan fingerprint density at radius 3 is 2.32 bits per heavy atom. The Hall–Kier alpha value is -3.94. The van der Waals surface area contributed by atoms with E-state index in [1.807, 2.05) is 78.6 Å². The van der Waals surface area contributed by atoms with Crippen LogP contribution in [0, 0.1) is 0 Å². The van der Waals surface area contributed by atoms with Crippen LogP contribution >= 0.6 is 0 Å². The first kappa shape index (κ1) is 24.7. The van der Waals surface area contributed by atoms with Crippen molar-refractivity contribution in [1.29, 1.82) is 0 Å². The predicted molar refractivity (Wildman–Crippen MR) is 146 cm³/mol. The van der Waals surface area contributed by atoms with Crippen molar-refractivity contribution in [2.24, 2.45) is 0 Å². The highest BCUT2D eigenvalue weighted by molar-refractivity contribution is 5.92. The van der Waals surface area contributed by atoms with Gasteiger partial charge in [0.1, 0.15) is 11.5 Å². The van der Waals surface area contributed by atoms with Crippen LogP contribution in [0.1, 0.15) is 18.4 Å². The summed E-state index contributed by atoms with van der Waals surface area (Å²) < 4.78 is 7.69. The highest BCUT2D eigenvalue weighted by Gasteiger charge is 2.23. The smallest absolute Gasteiger partial charge is 0.238 e. The molecule has 0 unspecified atom stereocenters. The van der Waals surface area contributed by atoms with Gasteiger partial charge in [0.15, 0.2) is 0 Å². The van der Waals surface area contributed by atoms with Crippen LogP contribution < -0.4 is 10.1 Å². The Balaban J connectivity index is 1.04. The van der Waals surface area contributed by atoms with Gasteiger partial charge in [-0.25, -0.2) is 4.68 Å². The summed E-state index contributed by atoms with van der Waals surface area (Å²) in [5, 5.41) is 7.29. The maximum atomic E-state index is 12.7. The number of benzene rings is 3. The number of para-hydroxylation sites is 1. The molecule has 1 saturated heterocycles. The summed E-state index contributed by atoms with van der Waals surface area (Å²) in [6, 6.07) is 28.1. The van der Waals surface area contributed by atoms with Crippen molar-refractivity contribution in [3.8, 4) is 17.2 Å². The number of hydrogen-bond donors (Lipinski definition) is 1. The van der Waals surface area contributed by atoms with E-state index in [9.17, 15) is 4.79 Å². The quantitative estimate of drug-likeness (QED) is 0.346. The maximum Gasteiger partial charge on any atom is 0.238 e. The number of carbonyl (C=O) groups is 1. The molecule has 1 N–H and O–H groups in total. The zero-order chi connectivity index (χ0) is 25.5. The second-order valence-electron chi connectivity index (χ2n) is 9.53. The molecule has 3 aromatic carbocycles. The number of hydrogen-bond acceptors (Lipinski definition) is 5. The van der Waals surface area contributed by atoms with Gasteiger partial charge in [-0.1, -0.05) is 30.3 Å². The lowest BCUT2D eigenvalue weighted by Crippen LogP contribution is -2.45. The van der Waals surface area contributed by atoms with Crippen LogP contribution in [-0.2, 0) is 11.3 Å². The number of aromatic nitrogens is 2. The first-order valence-electron chi connectivity index (χ1n) is 12.8. The largest absolute Gasteiger partial charge is 0.457 e. The van der Waals surface area contributed by atoms with E-state index < -0.39 is 0 Å². The van der Waals surface area contributed by atoms with E-state index in [0.717, 1.165) is 55.3 Å². The topological polar surface area (TPSA) is 62.6 Å². The number of rotatable bonds is 9. The van der Waals surface area contributed by atoms with Gasteiger partial charge < -0.3 is 10.1 Å². The summed E-state index contributed by atoms with van der Waals surface area (Å²) in [6.45, 7) is 3.38. The third-order valence-electron chi connectivity index (χ3n) is 6.80. The summed E-state index contributed by atoms with van der Waals surface area (Å²) in [6.07, 6.45) is 5.86. The summed E-state index contributed by atoms with van der Waals surface area (Å²) in [7, 11) is 2.05. The SMILES string of the molecule is CN(CC(=O)Nc1ccc(Oc2ccccc2)cc1)C1CCN(Cc2ccc(-n3cccn3)cc2)CC1. The number of nitrogens with one attached hydrogen (secondary N) is 1. The van der Waals surface area contributed by atoms with E-state index in [1.165, 1.54) is 5.56 Å². The first-order valence-corrected chi connectivity index (χ1v) is 12.8. The number of likely N-dealkylation sites (tertiary alicyclic amines) is 1. The average Bonchev–Trinajstić information content (AvgIpc) is 3.46. The highest BCUT2D eigenvalue weighted by Crippen LogP contribution is 2.23. The van der Waals surface area contributed by atoms with Crippen LogP contribution in [0.5, 0.6) is 11.5 Å². The minimum Gasteiger partial charge on any atom is -0.457 e. The average molecular weight is 496 g/mol. The van der Waals surface area contributed by atoms with E-state index in [0.29, 0.717) is 12.6 Å². The standard InChI is InChI=1S/C30H33N5O2/c1-33(23-30(36)32-25-10-14-29(15-11-25)37-28-6-3-2-4-7-28)26-16-20-34(21-17-26)22-24-8-12-27(13-9-24)35-19-5-18-31-35/h2-15,18-19,26H,16-17,20-23H2,1H3,(H,32,36). The van der Waals surface area contributed by atoms with Gasteiger partial charge in [0.05, 0.1) is 12.2 Å². The molecule has 1 aromatic heterocycles. The number of carbonyl (C=O) groups excluding carboxylic acids is 1. The van der Waals surface area contributed by atoms with Gasteiger partial charge in [0.2, 0.25) is 5.91 Å². The van der Waals surface area contributed by atoms with Gasteiger partial charge in [0, 0.05) is 30.7 Å². The molecule has 4 aromatic rings. The van der Waals surface area contributed by atoms with Crippen LogP contribution in [0.2, 0.25) is 0 Å². The van der Waals surface area contributed by atoms with E-state index >= 15 is 0 Å². The van der Waals surface area contributed by atoms with Gasteiger partial charge >= 0.3 is 0 Å². The Kier molecular flexibility index (Phi) is 7.93. The molecular weight excluding hydrogens is 462 g/mol. The summed E-state index contributed by atoms with van der Waals surface area (Å²) in [4.78, 5) is 17.3. The fraction of sp³-hybridized carbons (Fsp3) is 0.267. The second kappa shape index (κ2) is 11.9. The Morgan fingerprint density at radius 2 is 1.65 bits per heavy atom. The molecule has 0 aliphatic carbocycles. The monoisotopic (exact) mass is 495 g/mol. The van der Waals surface area contributed by atoms with Crippen LogP contribution in [-0.4, -0.2) is 58.2 Å². The van der Waals surface area contributed by atoms with Gasteiger partial charge in [0.25, 0.3) is 0 Å². The van der Waals surface area contributed by atoms with E-state index in [1.54, 1.807) is 6.20 Å². The van der Waals surface area contributed by atoms with Gasteiger partial charge in [-0.15, -0.1) is 0 Å². The molecule has 0 radical (unpaired) electrons. The summed E-state index contributed by atoms with van der Waals surface area (Å²) in [5.74, 6) is 1.52. The molecule has 7 nitrogen and oxygen atoms in total. The Labute approximate surface area is 218 Å². The van der Waals surface area contributed by atoms with E-state index in [2.05, 4.69) is 44.5 Å². The number of anilines is 1. The molecule has 1 aliphatic rings. The lowest BCUT2D eigenvalue weighted by atomic mass is 10.0. The highest BCUT2D eigenvalue weighted by atomic mass is 16.5. The molecular formula is C30H33N5O2. The lowest BCUT2D eigenvalue weighted by Gasteiger charge is -2.36. The van der Waals surface area contributed by atoms with Crippen LogP contribution in [0.15, 0.2) is 97.3 Å². The maximum absolute atomic E-state index is 12.7. The number of likely N-dealkylation sites (N-methyl/N-ethyl adjacent to an activating group) is 1. The minimum absolute atomic E-state index is 0.000992. The summed E-state index contributed by atoms with van der Waals surface area (Å²) in [5.41, 5.74) is 3.15. The number of nitrogens with zero attached hydrogens (tertiary/aromatic N) is 4. The zero-order valence-electron chi connectivity index (χ0n) is 21.2. The minimum atomic E-state index is -0.000992. The molecule has 2 heterocycles. The van der Waals surface area contributed by atoms with Crippen molar-refractivity contribution in [2.75, 3.05) is 32.0 Å². The van der Waals surface area contributed by atoms with Crippen LogP contribution in [0.4, 0.5) is 5.69 Å². The molecule has 1 amide bonds. The zero-order valence-corrected chi connectivity index (χ0v) is 21.2. The molecule has 190 valence electrons. The van der Waals surface area contributed by atoms with Crippen molar-refractivity contribution in [2.45, 2.75) is 25.4 Å². The second-order valence-corrected chi connectivity index (χ2v) is 9.53. The van der Waals surface area contributed by atoms with Crippen LogP contribution in [0.25, 0.3) is 5.69 Å². The predicted octanol–water partition coefficient (Wildman–Crippen LogP) is 5.20. The fourth-order valence-corrected chi connectivity index (χ4v) is 4.74.